The molecule has 0 aliphatic carbocycles. The van der Waals surface area contributed by atoms with Crippen molar-refractivity contribution in [3.8, 4) is 22.3 Å². The minimum absolute atomic E-state index is 0.792. The van der Waals surface area contributed by atoms with E-state index in [4.69, 9.17) is 5.73 Å². The van der Waals surface area contributed by atoms with E-state index < -0.39 is 0 Å². The third-order valence-corrected chi connectivity index (χ3v) is 8.22. The van der Waals surface area contributed by atoms with Gasteiger partial charge in [0.1, 0.15) is 0 Å². The molecule has 0 saturated carbocycles. The van der Waals surface area contributed by atoms with E-state index in [1.807, 2.05) is 12.1 Å². The van der Waals surface area contributed by atoms with Crippen LogP contribution in [-0.4, -0.2) is 0 Å². The molecule has 6 rings (SSSR count). The van der Waals surface area contributed by atoms with Crippen molar-refractivity contribution in [3.05, 3.63) is 134 Å². The van der Waals surface area contributed by atoms with Crippen LogP contribution in [0, 0.1) is 3.57 Å². The highest BCUT2D eigenvalue weighted by molar-refractivity contribution is 14.1. The second-order valence-electron chi connectivity index (χ2n) is 8.41. The molecule has 0 amide bonds. The van der Waals surface area contributed by atoms with Gasteiger partial charge in [0.25, 0.3) is 0 Å². The summed E-state index contributed by atoms with van der Waals surface area (Å²) >= 11 is 9.54. The van der Waals surface area contributed by atoms with Gasteiger partial charge in [0, 0.05) is 18.2 Å². The summed E-state index contributed by atoms with van der Waals surface area (Å²) in [5.41, 5.74) is 11.5. The molecule has 2 N–H and O–H groups in total. The van der Waals surface area contributed by atoms with E-state index in [-0.39, 0.29) is 0 Å². The van der Waals surface area contributed by atoms with Gasteiger partial charge in [-0.1, -0.05) is 117 Å². The SMILES string of the molecule is Brc1ccc(-c2ccc(I)cc2)c2ccccc12.Nc1ccc(-c2ccc(Br)c3ccccc23)cc1. The van der Waals surface area contributed by atoms with E-state index in [9.17, 15) is 0 Å². The first-order valence-electron chi connectivity index (χ1n) is 11.5. The molecule has 0 radical (unpaired) electrons. The molecule has 0 saturated heterocycles. The Morgan fingerprint density at radius 3 is 1.28 bits per heavy atom. The Hall–Kier alpha value is -2.67. The number of hydrogen-bond donors (Lipinski definition) is 1. The summed E-state index contributed by atoms with van der Waals surface area (Å²) in [5.74, 6) is 0. The number of anilines is 1. The monoisotopic (exact) mass is 705 g/mol. The highest BCUT2D eigenvalue weighted by atomic mass is 127. The molecule has 0 spiro atoms. The van der Waals surface area contributed by atoms with Gasteiger partial charge in [-0.05, 0) is 103 Å². The van der Waals surface area contributed by atoms with E-state index in [2.05, 4.69) is 164 Å². The minimum atomic E-state index is 0.792. The van der Waals surface area contributed by atoms with Crippen LogP contribution in [0.15, 0.2) is 130 Å². The maximum Gasteiger partial charge on any atom is 0.0314 e. The maximum atomic E-state index is 5.73. The number of nitrogen functional groups attached to an aromatic ring is 1. The summed E-state index contributed by atoms with van der Waals surface area (Å²) < 4.78 is 3.53. The van der Waals surface area contributed by atoms with Gasteiger partial charge in [-0.2, -0.15) is 0 Å². The summed E-state index contributed by atoms with van der Waals surface area (Å²) in [5, 5.41) is 5.02. The molecule has 0 fully saturated rings. The van der Waals surface area contributed by atoms with Crippen LogP contribution < -0.4 is 5.73 Å². The van der Waals surface area contributed by atoms with Crippen molar-refractivity contribution in [2.24, 2.45) is 0 Å². The minimum Gasteiger partial charge on any atom is -0.399 e. The Bertz CT molecular complexity index is 1530. The molecule has 4 heteroatoms. The van der Waals surface area contributed by atoms with Crippen molar-refractivity contribution in [1.82, 2.24) is 0 Å². The molecular weight excluding hydrogens is 685 g/mol. The van der Waals surface area contributed by atoms with Gasteiger partial charge in [-0.3, -0.25) is 0 Å². The third kappa shape index (κ3) is 5.36. The topological polar surface area (TPSA) is 26.0 Å². The third-order valence-electron chi connectivity index (χ3n) is 6.12. The smallest absolute Gasteiger partial charge is 0.0314 e. The lowest BCUT2D eigenvalue weighted by Crippen LogP contribution is -1.85. The summed E-state index contributed by atoms with van der Waals surface area (Å²) in [6.07, 6.45) is 0. The molecule has 0 heterocycles. The average molecular weight is 707 g/mol. The number of nitrogens with two attached hydrogens (primary N) is 1. The summed E-state index contributed by atoms with van der Waals surface area (Å²) in [6.45, 7) is 0. The maximum absolute atomic E-state index is 5.73. The fourth-order valence-corrected chi connectivity index (χ4v) is 5.64. The van der Waals surface area contributed by atoms with Crippen molar-refractivity contribution in [2.75, 3.05) is 5.73 Å². The number of hydrogen-bond acceptors (Lipinski definition) is 1. The Labute approximate surface area is 241 Å². The molecule has 0 aliphatic rings. The lowest BCUT2D eigenvalue weighted by atomic mass is 9.98. The van der Waals surface area contributed by atoms with Crippen LogP contribution >= 0.6 is 54.5 Å². The van der Waals surface area contributed by atoms with Gasteiger partial charge in [0.2, 0.25) is 0 Å². The first kappa shape index (κ1) is 25.0. The standard InChI is InChI=1S/C16H10BrI.C16H12BrN/c2*17-16-10-9-13(11-5-7-12(18)8-6-11)14-3-1-2-4-15(14)16/h1-10H;1-10H,18H2. The quantitative estimate of drug-likeness (QED) is 0.141. The van der Waals surface area contributed by atoms with Crippen molar-refractivity contribution >= 4 is 81.7 Å². The largest absolute Gasteiger partial charge is 0.399 e. The van der Waals surface area contributed by atoms with Crippen LogP contribution in [0.3, 0.4) is 0 Å². The average Bonchev–Trinajstić information content (AvgIpc) is 2.91. The number of benzene rings is 6. The Morgan fingerprint density at radius 2 is 0.833 bits per heavy atom. The molecule has 6 aromatic carbocycles. The van der Waals surface area contributed by atoms with E-state index in [1.54, 1.807) is 0 Å². The molecule has 6 aromatic rings. The van der Waals surface area contributed by atoms with E-state index in [1.165, 1.54) is 47.4 Å². The fourth-order valence-electron chi connectivity index (χ4n) is 4.32. The summed E-state index contributed by atoms with van der Waals surface area (Å²) in [4.78, 5) is 0. The summed E-state index contributed by atoms with van der Waals surface area (Å²) in [6, 6.07) is 42.0. The van der Waals surface area contributed by atoms with E-state index in [0.717, 1.165) is 14.6 Å². The predicted molar refractivity (Wildman–Crippen MR) is 171 cm³/mol. The number of halogens is 3. The second-order valence-corrected chi connectivity index (χ2v) is 11.4. The van der Waals surface area contributed by atoms with Crippen LogP contribution in [-0.2, 0) is 0 Å². The van der Waals surface area contributed by atoms with Gasteiger partial charge >= 0.3 is 0 Å². The number of fused-ring (bicyclic) bond motifs is 2. The lowest BCUT2D eigenvalue weighted by Gasteiger charge is -2.08. The summed E-state index contributed by atoms with van der Waals surface area (Å²) in [7, 11) is 0. The zero-order valence-corrected chi connectivity index (χ0v) is 24.6. The molecule has 0 aliphatic heterocycles. The molecule has 0 bridgehead atoms. The van der Waals surface area contributed by atoms with Crippen molar-refractivity contribution in [1.29, 1.82) is 0 Å². The molecule has 36 heavy (non-hydrogen) atoms. The van der Waals surface area contributed by atoms with Gasteiger partial charge in [-0.25, -0.2) is 0 Å². The lowest BCUT2D eigenvalue weighted by molar-refractivity contribution is 1.61. The predicted octanol–water partition coefficient (Wildman–Crippen LogP) is 10.7. The van der Waals surface area contributed by atoms with Gasteiger partial charge in [0.15, 0.2) is 0 Å². The van der Waals surface area contributed by atoms with Crippen LogP contribution in [0.5, 0.6) is 0 Å². The molecule has 176 valence electrons. The zero-order chi connectivity index (χ0) is 25.1. The highest BCUT2D eigenvalue weighted by Gasteiger charge is 2.07. The Morgan fingerprint density at radius 1 is 0.444 bits per heavy atom. The van der Waals surface area contributed by atoms with Crippen LogP contribution in [0.4, 0.5) is 5.69 Å². The van der Waals surface area contributed by atoms with Gasteiger partial charge < -0.3 is 5.73 Å². The second kappa shape index (κ2) is 11.2. The normalized spacial score (nSPS) is 10.8. The Kier molecular flexibility index (Phi) is 7.75. The highest BCUT2D eigenvalue weighted by Crippen LogP contribution is 2.34. The van der Waals surface area contributed by atoms with E-state index in [0.29, 0.717) is 0 Å². The first-order valence-corrected chi connectivity index (χ1v) is 14.1. The first-order chi connectivity index (χ1) is 17.5. The van der Waals surface area contributed by atoms with E-state index >= 15 is 0 Å². The van der Waals surface area contributed by atoms with Crippen molar-refractivity contribution in [2.45, 2.75) is 0 Å². The molecular formula is C32H22Br2IN. The van der Waals surface area contributed by atoms with Crippen molar-refractivity contribution in [3.63, 3.8) is 0 Å². The van der Waals surface area contributed by atoms with Crippen LogP contribution in [0.1, 0.15) is 0 Å². The number of rotatable bonds is 2. The van der Waals surface area contributed by atoms with Crippen LogP contribution in [0.2, 0.25) is 0 Å². The molecule has 0 unspecified atom stereocenters. The molecule has 0 atom stereocenters. The van der Waals surface area contributed by atoms with Crippen LogP contribution in [0.25, 0.3) is 43.8 Å². The fraction of sp³-hybridized carbons (Fsp3) is 0. The van der Waals surface area contributed by atoms with Gasteiger partial charge in [0.05, 0.1) is 0 Å². The van der Waals surface area contributed by atoms with Gasteiger partial charge in [-0.15, -0.1) is 0 Å². The molecule has 0 aromatic heterocycles. The molecule has 1 nitrogen and oxygen atoms in total. The zero-order valence-electron chi connectivity index (χ0n) is 19.3. The van der Waals surface area contributed by atoms with Crippen molar-refractivity contribution < 1.29 is 0 Å². The Balaban J connectivity index is 0.000000148.